The summed E-state index contributed by atoms with van der Waals surface area (Å²) < 4.78 is 10.5. The number of carbonyl (C=O) groups excluding carboxylic acids is 2. The summed E-state index contributed by atoms with van der Waals surface area (Å²) in [6.45, 7) is 9.92. The van der Waals surface area contributed by atoms with Gasteiger partial charge in [0.1, 0.15) is 11.8 Å². The molecule has 1 saturated carbocycles. The molecular weight excluding hydrogens is 564 g/mol. The van der Waals surface area contributed by atoms with Crippen molar-refractivity contribution in [3.8, 4) is 11.1 Å². The van der Waals surface area contributed by atoms with E-state index in [1.54, 1.807) is 13.0 Å². The van der Waals surface area contributed by atoms with Crippen molar-refractivity contribution in [1.29, 1.82) is 0 Å². The molecule has 0 saturated heterocycles. The molecule has 234 valence electrons. The lowest BCUT2D eigenvalue weighted by atomic mass is 9.91. The Kier molecular flexibility index (Phi) is 10.4. The van der Waals surface area contributed by atoms with Crippen molar-refractivity contribution in [2.75, 3.05) is 17.2 Å². The van der Waals surface area contributed by atoms with E-state index in [1.165, 1.54) is 6.20 Å². The Morgan fingerprint density at radius 2 is 1.77 bits per heavy atom. The summed E-state index contributed by atoms with van der Waals surface area (Å²) in [7, 11) is 0. The van der Waals surface area contributed by atoms with Crippen LogP contribution in [0, 0.1) is 17.0 Å². The van der Waals surface area contributed by atoms with Gasteiger partial charge in [-0.15, -0.1) is 0 Å². The highest BCUT2D eigenvalue weighted by Crippen LogP contribution is 2.29. The van der Waals surface area contributed by atoms with Crippen molar-refractivity contribution in [3.05, 3.63) is 75.5 Å². The molecule has 3 N–H and O–H groups in total. The van der Waals surface area contributed by atoms with Crippen LogP contribution in [0.4, 0.5) is 22.2 Å². The molecule has 2 aromatic carbocycles. The lowest BCUT2D eigenvalue weighted by molar-refractivity contribution is -0.384. The van der Waals surface area contributed by atoms with Crippen LogP contribution in [0.15, 0.2) is 48.7 Å². The number of nitro groups is 1. The third-order valence-electron chi connectivity index (χ3n) is 7.32. The van der Waals surface area contributed by atoms with Gasteiger partial charge in [0.2, 0.25) is 11.8 Å². The number of nitrogens with one attached hydrogen (secondary N) is 3. The summed E-state index contributed by atoms with van der Waals surface area (Å²) in [6.07, 6.45) is 3.58. The van der Waals surface area contributed by atoms with Gasteiger partial charge in [-0.1, -0.05) is 30.3 Å². The Labute approximate surface area is 257 Å². The molecule has 3 aromatic rings. The quantitative estimate of drug-likeness (QED) is 0.134. The number of rotatable bonds is 10. The molecule has 0 atom stereocenters. The van der Waals surface area contributed by atoms with Crippen molar-refractivity contribution in [2.45, 2.75) is 84.5 Å². The van der Waals surface area contributed by atoms with Gasteiger partial charge in [0, 0.05) is 18.6 Å². The SMILES string of the molecule is CCOC(=O)c1cccc(-c2cccc(CNc3ncc([N+](=O)[O-])c(NC4CCC(NC(=O)OC(C)(C)C)CC4)n3)c2C)c1. The van der Waals surface area contributed by atoms with E-state index >= 15 is 0 Å². The smallest absolute Gasteiger partial charge is 0.407 e. The van der Waals surface area contributed by atoms with Crippen molar-refractivity contribution in [3.63, 3.8) is 0 Å². The van der Waals surface area contributed by atoms with Gasteiger partial charge in [-0.2, -0.15) is 4.98 Å². The van der Waals surface area contributed by atoms with Gasteiger partial charge in [0.15, 0.2) is 0 Å². The molecule has 12 nitrogen and oxygen atoms in total. The van der Waals surface area contributed by atoms with Gasteiger partial charge in [0.05, 0.1) is 17.1 Å². The van der Waals surface area contributed by atoms with Crippen LogP contribution in [0.2, 0.25) is 0 Å². The molecule has 1 aliphatic carbocycles. The fraction of sp³-hybridized carbons (Fsp3) is 0.438. The summed E-state index contributed by atoms with van der Waals surface area (Å²) in [5.41, 5.74) is 3.57. The summed E-state index contributed by atoms with van der Waals surface area (Å²) in [4.78, 5) is 44.2. The van der Waals surface area contributed by atoms with Gasteiger partial charge in [-0.3, -0.25) is 10.1 Å². The summed E-state index contributed by atoms with van der Waals surface area (Å²) in [5, 5.41) is 21.1. The Bertz CT molecular complexity index is 1500. The molecule has 1 heterocycles. The first-order chi connectivity index (χ1) is 20.9. The normalized spacial score (nSPS) is 16.5. The molecule has 0 unspecified atom stereocenters. The monoisotopic (exact) mass is 604 g/mol. The molecule has 0 spiro atoms. The number of amides is 1. The van der Waals surface area contributed by atoms with Crippen LogP contribution in [0.25, 0.3) is 11.1 Å². The van der Waals surface area contributed by atoms with Gasteiger partial charge >= 0.3 is 17.7 Å². The standard InChI is InChI=1S/C32H40N6O6/c1-6-43-29(39)22-10-7-9-21(17-22)26-12-8-11-23(20(26)2)18-33-30-34-19-27(38(41)42)28(37-30)35-24-13-15-25(16-14-24)36-31(40)44-32(3,4)5/h7-12,17,19,24-25H,6,13-16,18H2,1-5H3,(H,36,40)(H2,33,34,35,37). The first-order valence-electron chi connectivity index (χ1n) is 14.8. The molecule has 0 aliphatic heterocycles. The number of benzene rings is 2. The maximum absolute atomic E-state index is 12.2. The summed E-state index contributed by atoms with van der Waals surface area (Å²) in [6, 6.07) is 13.2. The number of ether oxygens (including phenoxy) is 2. The molecule has 4 rings (SSSR count). The van der Waals surface area contributed by atoms with E-state index in [-0.39, 0.29) is 35.5 Å². The fourth-order valence-electron chi connectivity index (χ4n) is 5.14. The maximum atomic E-state index is 12.2. The zero-order valence-corrected chi connectivity index (χ0v) is 25.8. The largest absolute Gasteiger partial charge is 0.462 e. The number of hydrogen-bond acceptors (Lipinski definition) is 10. The highest BCUT2D eigenvalue weighted by Gasteiger charge is 2.27. The highest BCUT2D eigenvalue weighted by molar-refractivity contribution is 5.91. The first kappa shape index (κ1) is 32.2. The van der Waals surface area contributed by atoms with E-state index < -0.39 is 16.6 Å². The maximum Gasteiger partial charge on any atom is 0.407 e. The average Bonchev–Trinajstić information content (AvgIpc) is 2.97. The van der Waals surface area contributed by atoms with Crippen LogP contribution in [0.5, 0.6) is 0 Å². The molecular formula is C32H40N6O6. The van der Waals surface area contributed by atoms with Crippen LogP contribution in [0.3, 0.4) is 0 Å². The minimum Gasteiger partial charge on any atom is -0.462 e. The zero-order chi connectivity index (χ0) is 31.9. The number of nitrogens with zero attached hydrogens (tertiary/aromatic N) is 3. The zero-order valence-electron chi connectivity index (χ0n) is 25.8. The second-order valence-electron chi connectivity index (χ2n) is 11.8. The van der Waals surface area contributed by atoms with Crippen LogP contribution >= 0.6 is 0 Å². The van der Waals surface area contributed by atoms with Crippen molar-refractivity contribution < 1.29 is 24.0 Å². The number of carbonyl (C=O) groups is 2. The predicted octanol–water partition coefficient (Wildman–Crippen LogP) is 6.40. The fourth-order valence-corrected chi connectivity index (χ4v) is 5.14. The van der Waals surface area contributed by atoms with Gasteiger partial charge in [-0.25, -0.2) is 14.6 Å². The van der Waals surface area contributed by atoms with Crippen molar-refractivity contribution in [1.82, 2.24) is 15.3 Å². The van der Waals surface area contributed by atoms with E-state index in [1.807, 2.05) is 64.1 Å². The minimum absolute atomic E-state index is 0.0212. The van der Waals surface area contributed by atoms with E-state index in [0.717, 1.165) is 22.3 Å². The topological polar surface area (TPSA) is 158 Å². The lowest BCUT2D eigenvalue weighted by Gasteiger charge is -2.30. The van der Waals surface area contributed by atoms with Crippen molar-refractivity contribution >= 4 is 29.5 Å². The summed E-state index contributed by atoms with van der Waals surface area (Å²) in [5.74, 6) is 0.0415. The molecule has 0 radical (unpaired) electrons. The predicted molar refractivity (Wildman–Crippen MR) is 168 cm³/mol. The Balaban J connectivity index is 1.42. The van der Waals surface area contributed by atoms with Crippen LogP contribution in [0.1, 0.15) is 74.9 Å². The molecule has 1 aliphatic rings. The molecule has 44 heavy (non-hydrogen) atoms. The molecule has 1 aromatic heterocycles. The van der Waals surface area contributed by atoms with Gasteiger partial charge in [-0.05, 0) is 94.7 Å². The molecule has 12 heteroatoms. The minimum atomic E-state index is -0.570. The van der Waals surface area contributed by atoms with Gasteiger partial charge < -0.3 is 25.4 Å². The van der Waals surface area contributed by atoms with Crippen LogP contribution < -0.4 is 16.0 Å². The third-order valence-corrected chi connectivity index (χ3v) is 7.32. The van der Waals surface area contributed by atoms with E-state index in [0.29, 0.717) is 44.4 Å². The van der Waals surface area contributed by atoms with E-state index in [2.05, 4.69) is 25.9 Å². The Morgan fingerprint density at radius 1 is 1.07 bits per heavy atom. The average molecular weight is 605 g/mol. The van der Waals surface area contributed by atoms with Crippen LogP contribution in [-0.4, -0.2) is 51.2 Å². The second kappa shape index (κ2) is 14.2. The van der Waals surface area contributed by atoms with Crippen molar-refractivity contribution in [2.24, 2.45) is 0 Å². The number of alkyl carbamates (subject to hydrolysis) is 1. The van der Waals surface area contributed by atoms with Gasteiger partial charge in [0.25, 0.3) is 0 Å². The number of hydrogen-bond donors (Lipinski definition) is 3. The highest BCUT2D eigenvalue weighted by atomic mass is 16.6. The molecule has 0 bridgehead atoms. The third kappa shape index (κ3) is 8.65. The first-order valence-corrected chi connectivity index (χ1v) is 14.8. The number of esters is 1. The Morgan fingerprint density at radius 3 is 2.45 bits per heavy atom. The number of anilines is 2. The van der Waals surface area contributed by atoms with E-state index in [4.69, 9.17) is 9.47 Å². The van der Waals surface area contributed by atoms with E-state index in [9.17, 15) is 19.7 Å². The number of aromatic nitrogens is 2. The van der Waals surface area contributed by atoms with Crippen LogP contribution in [-0.2, 0) is 16.0 Å². The Hall–Kier alpha value is -4.74. The molecule has 1 fully saturated rings. The summed E-state index contributed by atoms with van der Waals surface area (Å²) >= 11 is 0. The lowest BCUT2D eigenvalue weighted by Crippen LogP contribution is -2.42. The molecule has 1 amide bonds. The second-order valence-corrected chi connectivity index (χ2v) is 11.8.